The highest BCUT2D eigenvalue weighted by atomic mass is 16.5. The highest BCUT2D eigenvalue weighted by molar-refractivity contribution is 5.38. The Labute approximate surface area is 126 Å². The van der Waals surface area contributed by atoms with Gasteiger partial charge in [0.15, 0.2) is 0 Å². The molecule has 0 bridgehead atoms. The number of hydrogen-bond acceptors (Lipinski definition) is 4. The van der Waals surface area contributed by atoms with Gasteiger partial charge < -0.3 is 10.1 Å². The van der Waals surface area contributed by atoms with Gasteiger partial charge in [-0.05, 0) is 12.5 Å². The van der Waals surface area contributed by atoms with E-state index in [2.05, 4.69) is 48.2 Å². The maximum Gasteiger partial charge on any atom is 0.219 e. The van der Waals surface area contributed by atoms with Crippen molar-refractivity contribution < 1.29 is 4.74 Å². The molecular formula is C17H23N3O. The zero-order chi connectivity index (χ0) is 15.5. The number of nitrogens with zero attached hydrogens (tertiary/aromatic N) is 2. The van der Waals surface area contributed by atoms with Crippen LogP contribution in [0.1, 0.15) is 45.2 Å². The molecule has 4 heteroatoms. The van der Waals surface area contributed by atoms with Crippen LogP contribution in [0.5, 0.6) is 5.88 Å². The lowest BCUT2D eigenvalue weighted by molar-refractivity contribution is 0.215. The molecule has 4 nitrogen and oxygen atoms in total. The van der Waals surface area contributed by atoms with Crippen LogP contribution in [0.2, 0.25) is 0 Å². The quantitative estimate of drug-likeness (QED) is 0.923. The van der Waals surface area contributed by atoms with Crippen LogP contribution in [-0.4, -0.2) is 17.0 Å². The van der Waals surface area contributed by atoms with Crippen LogP contribution >= 0.6 is 0 Å². The van der Waals surface area contributed by atoms with Crippen molar-refractivity contribution in [2.24, 2.45) is 0 Å². The number of hydrogen-bond donors (Lipinski definition) is 1. The summed E-state index contributed by atoms with van der Waals surface area (Å²) in [5, 5.41) is 3.06. The molecule has 0 fully saturated rings. The van der Waals surface area contributed by atoms with E-state index in [1.165, 1.54) is 0 Å². The first-order valence-corrected chi connectivity index (χ1v) is 7.19. The Morgan fingerprint density at radius 3 is 2.33 bits per heavy atom. The molecule has 2 aromatic rings. The number of aromatic nitrogens is 2. The zero-order valence-electron chi connectivity index (χ0n) is 13.3. The van der Waals surface area contributed by atoms with E-state index in [9.17, 15) is 0 Å². The molecule has 0 spiro atoms. The van der Waals surface area contributed by atoms with Gasteiger partial charge in [0.2, 0.25) is 5.88 Å². The number of rotatable bonds is 4. The third kappa shape index (κ3) is 3.94. The molecule has 2 rings (SSSR count). The lowest BCUT2D eigenvalue weighted by atomic mass is 9.96. The maximum atomic E-state index is 5.99. The molecule has 0 aliphatic heterocycles. The number of ether oxygens (including phenoxy) is 1. The van der Waals surface area contributed by atoms with Gasteiger partial charge in [-0.15, -0.1) is 0 Å². The summed E-state index contributed by atoms with van der Waals surface area (Å²) < 4.78 is 5.99. The van der Waals surface area contributed by atoms with Crippen molar-refractivity contribution in [3.8, 4) is 5.88 Å². The van der Waals surface area contributed by atoms with Gasteiger partial charge in [-0.25, -0.2) is 4.98 Å². The molecule has 0 saturated carbocycles. The lowest BCUT2D eigenvalue weighted by Crippen LogP contribution is -2.18. The van der Waals surface area contributed by atoms with Gasteiger partial charge in [0.05, 0.1) is 0 Å². The van der Waals surface area contributed by atoms with E-state index in [1.54, 1.807) is 0 Å². The molecule has 1 atom stereocenters. The topological polar surface area (TPSA) is 47.0 Å². The Kier molecular flexibility index (Phi) is 4.46. The minimum atomic E-state index is -0.124. The van der Waals surface area contributed by atoms with E-state index in [4.69, 9.17) is 4.74 Å². The first-order valence-electron chi connectivity index (χ1n) is 7.19. The van der Waals surface area contributed by atoms with Gasteiger partial charge in [-0.1, -0.05) is 51.1 Å². The Hall–Kier alpha value is -2.10. The van der Waals surface area contributed by atoms with Crippen molar-refractivity contribution in [1.29, 1.82) is 0 Å². The fraction of sp³-hybridized carbons (Fsp3) is 0.412. The van der Waals surface area contributed by atoms with E-state index in [0.29, 0.717) is 5.88 Å². The molecule has 0 aliphatic carbocycles. The highest BCUT2D eigenvalue weighted by Crippen LogP contribution is 2.26. The molecule has 0 radical (unpaired) electrons. The van der Waals surface area contributed by atoms with Crippen LogP contribution in [0.25, 0.3) is 0 Å². The van der Waals surface area contributed by atoms with Crippen molar-refractivity contribution in [2.45, 2.75) is 39.2 Å². The molecule has 0 aliphatic rings. The normalized spacial score (nSPS) is 12.8. The van der Waals surface area contributed by atoms with Gasteiger partial charge in [0, 0.05) is 18.5 Å². The van der Waals surface area contributed by atoms with Gasteiger partial charge in [0.1, 0.15) is 17.7 Å². The van der Waals surface area contributed by atoms with Gasteiger partial charge in [-0.2, -0.15) is 4.98 Å². The molecule has 1 heterocycles. The van der Waals surface area contributed by atoms with E-state index in [1.807, 2.05) is 38.2 Å². The Morgan fingerprint density at radius 1 is 1.10 bits per heavy atom. The average molecular weight is 285 g/mol. The van der Waals surface area contributed by atoms with E-state index >= 15 is 0 Å². The summed E-state index contributed by atoms with van der Waals surface area (Å²) in [6.45, 7) is 8.29. The van der Waals surface area contributed by atoms with Crippen LogP contribution in [-0.2, 0) is 5.41 Å². The van der Waals surface area contributed by atoms with E-state index in [0.717, 1.165) is 17.2 Å². The van der Waals surface area contributed by atoms with E-state index in [-0.39, 0.29) is 11.5 Å². The second-order valence-electron chi connectivity index (χ2n) is 6.09. The highest BCUT2D eigenvalue weighted by Gasteiger charge is 2.20. The summed E-state index contributed by atoms with van der Waals surface area (Å²) in [6, 6.07) is 11.9. The van der Waals surface area contributed by atoms with Crippen molar-refractivity contribution in [3.05, 3.63) is 47.8 Å². The van der Waals surface area contributed by atoms with Crippen LogP contribution in [0, 0.1) is 0 Å². The van der Waals surface area contributed by atoms with Crippen molar-refractivity contribution in [3.63, 3.8) is 0 Å². The molecule has 1 N–H and O–H groups in total. The fourth-order valence-electron chi connectivity index (χ4n) is 1.92. The molecule has 0 amide bonds. The minimum Gasteiger partial charge on any atom is -0.470 e. The smallest absolute Gasteiger partial charge is 0.219 e. The Morgan fingerprint density at radius 2 is 1.76 bits per heavy atom. The molecule has 112 valence electrons. The number of benzene rings is 1. The standard InChI is InChI=1S/C17H23N3O/c1-12(13-9-7-6-8-10-13)21-15-11-14(18-5)19-16(20-15)17(2,3)4/h6-12H,1-5H3,(H,18,19,20). The summed E-state index contributed by atoms with van der Waals surface area (Å²) in [6.07, 6.45) is -0.0568. The van der Waals surface area contributed by atoms with Gasteiger partial charge in [0.25, 0.3) is 0 Å². The first-order chi connectivity index (χ1) is 9.90. The number of anilines is 1. The SMILES string of the molecule is CNc1cc(OC(C)c2ccccc2)nc(C(C)(C)C)n1. The first kappa shape index (κ1) is 15.3. The van der Waals surface area contributed by atoms with Crippen LogP contribution in [0.15, 0.2) is 36.4 Å². The maximum absolute atomic E-state index is 5.99. The predicted molar refractivity (Wildman–Crippen MR) is 85.8 cm³/mol. The zero-order valence-corrected chi connectivity index (χ0v) is 13.3. The monoisotopic (exact) mass is 285 g/mol. The van der Waals surface area contributed by atoms with Crippen LogP contribution in [0.3, 0.4) is 0 Å². The fourth-order valence-corrected chi connectivity index (χ4v) is 1.92. The van der Waals surface area contributed by atoms with Gasteiger partial charge >= 0.3 is 0 Å². The largest absolute Gasteiger partial charge is 0.470 e. The Balaban J connectivity index is 2.27. The van der Waals surface area contributed by atoms with Gasteiger partial charge in [-0.3, -0.25) is 0 Å². The molecule has 1 aromatic heterocycles. The molecular weight excluding hydrogens is 262 g/mol. The summed E-state index contributed by atoms with van der Waals surface area (Å²) in [5.41, 5.74) is 1.00. The second kappa shape index (κ2) is 6.12. The van der Waals surface area contributed by atoms with Crippen molar-refractivity contribution >= 4 is 5.82 Å². The predicted octanol–water partition coefficient (Wildman–Crippen LogP) is 3.96. The average Bonchev–Trinajstić information content (AvgIpc) is 2.46. The number of nitrogens with one attached hydrogen (secondary N) is 1. The van der Waals surface area contributed by atoms with Crippen molar-refractivity contribution in [1.82, 2.24) is 9.97 Å². The van der Waals surface area contributed by atoms with Crippen molar-refractivity contribution in [2.75, 3.05) is 12.4 Å². The molecule has 1 aromatic carbocycles. The second-order valence-corrected chi connectivity index (χ2v) is 6.09. The minimum absolute atomic E-state index is 0.0568. The van der Waals surface area contributed by atoms with E-state index < -0.39 is 0 Å². The third-order valence-corrected chi connectivity index (χ3v) is 3.20. The van der Waals surface area contributed by atoms with Crippen LogP contribution in [0.4, 0.5) is 5.82 Å². The summed E-state index contributed by atoms with van der Waals surface area (Å²) in [5.74, 6) is 2.13. The van der Waals surface area contributed by atoms with Crippen LogP contribution < -0.4 is 10.1 Å². The summed E-state index contributed by atoms with van der Waals surface area (Å²) in [4.78, 5) is 9.05. The molecule has 0 saturated heterocycles. The summed E-state index contributed by atoms with van der Waals surface area (Å²) >= 11 is 0. The third-order valence-electron chi connectivity index (χ3n) is 3.20. The lowest BCUT2D eigenvalue weighted by Gasteiger charge is -2.20. The molecule has 1 unspecified atom stereocenters. The summed E-state index contributed by atoms with van der Waals surface area (Å²) in [7, 11) is 1.85. The Bertz CT molecular complexity index is 591. The molecule has 21 heavy (non-hydrogen) atoms.